The van der Waals surface area contributed by atoms with Crippen molar-refractivity contribution in [3.63, 3.8) is 0 Å². The molecule has 1 rings (SSSR count). The van der Waals surface area contributed by atoms with Gasteiger partial charge in [0.05, 0.1) is 4.83 Å². The molecular formula is C11H11BrF3NO2. The second kappa shape index (κ2) is 6.63. The predicted octanol–water partition coefficient (Wildman–Crippen LogP) is 3.54. The van der Waals surface area contributed by atoms with E-state index in [-0.39, 0.29) is 11.6 Å². The Morgan fingerprint density at radius 3 is 2.67 bits per heavy atom. The number of carbonyl (C=O) groups is 1. The van der Waals surface area contributed by atoms with E-state index in [2.05, 4.69) is 26.0 Å². The van der Waals surface area contributed by atoms with Gasteiger partial charge in [0, 0.05) is 11.8 Å². The molecule has 1 amide bonds. The van der Waals surface area contributed by atoms with Crippen LogP contribution in [0, 0.1) is 5.82 Å². The van der Waals surface area contributed by atoms with Crippen molar-refractivity contribution in [2.24, 2.45) is 0 Å². The second-order valence-corrected chi connectivity index (χ2v) is 4.49. The van der Waals surface area contributed by atoms with Gasteiger partial charge in [-0.05, 0) is 18.6 Å². The second-order valence-electron chi connectivity index (χ2n) is 3.39. The molecule has 1 N–H and O–H groups in total. The molecule has 0 heterocycles. The van der Waals surface area contributed by atoms with Crippen LogP contribution in [0.5, 0.6) is 5.75 Å². The van der Waals surface area contributed by atoms with Gasteiger partial charge in [-0.1, -0.05) is 22.9 Å². The zero-order chi connectivity index (χ0) is 13.7. The molecule has 18 heavy (non-hydrogen) atoms. The summed E-state index contributed by atoms with van der Waals surface area (Å²) in [6.07, 6.45) is 0.570. The number of alkyl halides is 3. The topological polar surface area (TPSA) is 38.3 Å². The third-order valence-corrected chi connectivity index (χ3v) is 3.12. The Hall–Kier alpha value is -1.24. The van der Waals surface area contributed by atoms with Gasteiger partial charge in [0.15, 0.2) is 11.6 Å². The normalized spacial score (nSPS) is 12.3. The molecule has 0 saturated heterocycles. The molecule has 0 fully saturated rings. The lowest BCUT2D eigenvalue weighted by molar-refractivity contribution is -0.115. The SMILES string of the molecule is CCC(Br)C(=O)Nc1ccc(OC(F)F)c(F)c1. The van der Waals surface area contributed by atoms with Gasteiger partial charge in [-0.25, -0.2) is 4.39 Å². The number of benzene rings is 1. The molecule has 0 radical (unpaired) electrons. The summed E-state index contributed by atoms with van der Waals surface area (Å²) in [7, 11) is 0. The maximum Gasteiger partial charge on any atom is 0.387 e. The van der Waals surface area contributed by atoms with Crippen LogP contribution >= 0.6 is 15.9 Å². The number of hydrogen-bond acceptors (Lipinski definition) is 2. The summed E-state index contributed by atoms with van der Waals surface area (Å²) in [6, 6.07) is 3.24. The number of nitrogens with one attached hydrogen (secondary N) is 1. The predicted molar refractivity (Wildman–Crippen MR) is 64.7 cm³/mol. The lowest BCUT2D eigenvalue weighted by atomic mass is 10.2. The minimum absolute atomic E-state index is 0.178. The highest BCUT2D eigenvalue weighted by Gasteiger charge is 2.14. The van der Waals surface area contributed by atoms with Gasteiger partial charge in [0.1, 0.15) is 0 Å². The van der Waals surface area contributed by atoms with Crippen LogP contribution in [0.25, 0.3) is 0 Å². The Bertz CT molecular complexity index is 429. The lowest BCUT2D eigenvalue weighted by Gasteiger charge is -2.10. The van der Waals surface area contributed by atoms with Crippen molar-refractivity contribution in [1.29, 1.82) is 0 Å². The minimum Gasteiger partial charge on any atom is -0.432 e. The highest BCUT2D eigenvalue weighted by atomic mass is 79.9. The van der Waals surface area contributed by atoms with Crippen LogP contribution in [-0.4, -0.2) is 17.3 Å². The van der Waals surface area contributed by atoms with E-state index in [1.807, 2.05) is 0 Å². The van der Waals surface area contributed by atoms with Gasteiger partial charge in [0.2, 0.25) is 5.91 Å². The van der Waals surface area contributed by atoms with E-state index >= 15 is 0 Å². The standard InChI is InChI=1S/C11H11BrF3NO2/c1-2-7(12)10(17)16-6-3-4-9(8(13)5-6)18-11(14)15/h3-5,7,11H,2H2,1H3,(H,16,17). The molecule has 0 saturated carbocycles. The summed E-state index contributed by atoms with van der Waals surface area (Å²) in [5.74, 6) is -1.86. The van der Waals surface area contributed by atoms with Crippen LogP contribution in [-0.2, 0) is 4.79 Å². The number of halogens is 4. The summed E-state index contributed by atoms with van der Waals surface area (Å²) in [6.45, 7) is -1.29. The van der Waals surface area contributed by atoms with Crippen LogP contribution in [0.2, 0.25) is 0 Å². The van der Waals surface area contributed by atoms with Crippen molar-refractivity contribution in [1.82, 2.24) is 0 Å². The van der Waals surface area contributed by atoms with E-state index < -0.39 is 23.0 Å². The molecular weight excluding hydrogens is 315 g/mol. The van der Waals surface area contributed by atoms with E-state index in [1.165, 1.54) is 6.07 Å². The van der Waals surface area contributed by atoms with Gasteiger partial charge in [-0.15, -0.1) is 0 Å². The molecule has 1 unspecified atom stereocenters. The van der Waals surface area contributed by atoms with Crippen molar-refractivity contribution in [2.75, 3.05) is 5.32 Å². The smallest absolute Gasteiger partial charge is 0.387 e. The summed E-state index contributed by atoms with van der Waals surface area (Å²) in [5.41, 5.74) is 0.178. The molecule has 0 bridgehead atoms. The Morgan fingerprint density at radius 1 is 1.50 bits per heavy atom. The maximum atomic E-state index is 13.3. The van der Waals surface area contributed by atoms with Crippen LogP contribution in [0.4, 0.5) is 18.9 Å². The first kappa shape index (κ1) is 14.8. The molecule has 0 aliphatic heterocycles. The van der Waals surface area contributed by atoms with Crippen molar-refractivity contribution in [3.05, 3.63) is 24.0 Å². The Labute approximate surface area is 110 Å². The fourth-order valence-corrected chi connectivity index (χ4v) is 1.29. The van der Waals surface area contributed by atoms with Crippen LogP contribution in [0.15, 0.2) is 18.2 Å². The Balaban J connectivity index is 2.75. The van der Waals surface area contributed by atoms with Crippen LogP contribution < -0.4 is 10.1 Å². The molecule has 0 aromatic heterocycles. The number of rotatable bonds is 5. The zero-order valence-corrected chi connectivity index (χ0v) is 11.0. The molecule has 0 spiro atoms. The van der Waals surface area contributed by atoms with E-state index in [0.29, 0.717) is 6.42 Å². The van der Waals surface area contributed by atoms with Crippen LogP contribution in [0.1, 0.15) is 13.3 Å². The van der Waals surface area contributed by atoms with Crippen molar-refractivity contribution in [3.8, 4) is 5.75 Å². The number of amides is 1. The number of carbonyl (C=O) groups excluding carboxylic acids is 1. The average Bonchev–Trinajstić information content (AvgIpc) is 2.31. The largest absolute Gasteiger partial charge is 0.432 e. The lowest BCUT2D eigenvalue weighted by Crippen LogP contribution is -2.22. The summed E-state index contributed by atoms with van der Waals surface area (Å²) < 4.78 is 41.1. The van der Waals surface area contributed by atoms with Gasteiger partial charge >= 0.3 is 6.61 Å². The molecule has 0 aliphatic rings. The van der Waals surface area contributed by atoms with Gasteiger partial charge in [0.25, 0.3) is 0 Å². The van der Waals surface area contributed by atoms with Crippen LogP contribution in [0.3, 0.4) is 0 Å². The third-order valence-electron chi connectivity index (χ3n) is 2.06. The van der Waals surface area contributed by atoms with Gasteiger partial charge < -0.3 is 10.1 Å². The van der Waals surface area contributed by atoms with E-state index in [9.17, 15) is 18.0 Å². The monoisotopic (exact) mass is 325 g/mol. The summed E-state index contributed by atoms with van der Waals surface area (Å²) >= 11 is 3.14. The Morgan fingerprint density at radius 2 is 2.17 bits per heavy atom. The molecule has 0 aliphatic carbocycles. The Kier molecular flexibility index (Phi) is 5.46. The molecule has 100 valence electrons. The fourth-order valence-electron chi connectivity index (χ4n) is 1.18. The zero-order valence-electron chi connectivity index (χ0n) is 9.42. The maximum absolute atomic E-state index is 13.3. The minimum atomic E-state index is -3.09. The van der Waals surface area contributed by atoms with E-state index in [0.717, 1.165) is 12.1 Å². The molecule has 1 atom stereocenters. The molecule has 7 heteroatoms. The summed E-state index contributed by atoms with van der Waals surface area (Å²) in [5, 5.41) is 2.45. The summed E-state index contributed by atoms with van der Waals surface area (Å²) in [4.78, 5) is 11.1. The van der Waals surface area contributed by atoms with Crippen molar-refractivity contribution < 1.29 is 22.7 Å². The first-order chi connectivity index (χ1) is 8.43. The first-order valence-corrected chi connectivity index (χ1v) is 6.05. The quantitative estimate of drug-likeness (QED) is 0.841. The van der Waals surface area contributed by atoms with E-state index in [1.54, 1.807) is 6.92 Å². The van der Waals surface area contributed by atoms with Gasteiger partial charge in [-0.3, -0.25) is 4.79 Å². The highest BCUT2D eigenvalue weighted by Crippen LogP contribution is 2.23. The van der Waals surface area contributed by atoms with Crippen molar-refractivity contribution in [2.45, 2.75) is 24.8 Å². The third kappa shape index (κ3) is 4.21. The fraction of sp³-hybridized carbons (Fsp3) is 0.364. The van der Waals surface area contributed by atoms with Gasteiger partial charge in [-0.2, -0.15) is 8.78 Å². The molecule has 3 nitrogen and oxygen atoms in total. The number of hydrogen-bond donors (Lipinski definition) is 1. The average molecular weight is 326 g/mol. The molecule has 1 aromatic rings. The first-order valence-electron chi connectivity index (χ1n) is 5.13. The number of ether oxygens (including phenoxy) is 1. The van der Waals surface area contributed by atoms with E-state index in [4.69, 9.17) is 0 Å². The number of anilines is 1. The highest BCUT2D eigenvalue weighted by molar-refractivity contribution is 9.10. The molecule has 1 aromatic carbocycles. The van der Waals surface area contributed by atoms with Crippen molar-refractivity contribution >= 4 is 27.5 Å².